The van der Waals surface area contributed by atoms with Crippen LogP contribution in [0.3, 0.4) is 0 Å². The molecule has 23 heavy (non-hydrogen) atoms. The molecule has 122 valence electrons. The Labute approximate surface area is 138 Å². The number of ether oxygens (including phenoxy) is 3. The Bertz CT molecular complexity index is 620. The number of hydrogen-bond acceptors (Lipinski definition) is 3. The normalized spacial score (nSPS) is 11.0. The lowest BCUT2D eigenvalue weighted by Crippen LogP contribution is -2.07. The third-order valence-electron chi connectivity index (χ3n) is 3.31. The predicted octanol–water partition coefficient (Wildman–Crippen LogP) is 4.91. The zero-order valence-electron chi connectivity index (χ0n) is 14.2. The van der Waals surface area contributed by atoms with Gasteiger partial charge in [-0.05, 0) is 29.2 Å². The van der Waals surface area contributed by atoms with Crippen LogP contribution in [0.1, 0.15) is 25.0 Å². The van der Waals surface area contributed by atoms with E-state index in [1.807, 2.05) is 36.4 Å². The van der Waals surface area contributed by atoms with Crippen LogP contribution in [0.5, 0.6) is 17.2 Å². The van der Waals surface area contributed by atoms with E-state index < -0.39 is 0 Å². The van der Waals surface area contributed by atoms with Crippen molar-refractivity contribution < 1.29 is 14.2 Å². The average Bonchev–Trinajstić information content (AvgIpc) is 2.58. The number of methoxy groups -OCH3 is 2. The van der Waals surface area contributed by atoms with Gasteiger partial charge in [0.1, 0.15) is 0 Å². The summed E-state index contributed by atoms with van der Waals surface area (Å²) in [6, 6.07) is 14.1. The maximum absolute atomic E-state index is 5.86. The molecule has 0 heterocycles. The topological polar surface area (TPSA) is 27.7 Å². The lowest BCUT2D eigenvalue weighted by atomic mass is 10.1. The molecule has 0 atom stereocenters. The van der Waals surface area contributed by atoms with Gasteiger partial charge in [-0.2, -0.15) is 0 Å². The van der Waals surface area contributed by atoms with E-state index in [1.54, 1.807) is 14.2 Å². The van der Waals surface area contributed by atoms with Gasteiger partial charge in [-0.25, -0.2) is 0 Å². The molecule has 0 aliphatic carbocycles. The zero-order valence-corrected chi connectivity index (χ0v) is 14.2. The molecule has 0 aliphatic heterocycles. The first-order valence-electron chi connectivity index (χ1n) is 7.76. The second-order valence-electron chi connectivity index (χ2n) is 5.70. The number of benzene rings is 2. The lowest BCUT2D eigenvalue weighted by Gasteiger charge is -2.16. The Morgan fingerprint density at radius 2 is 1.43 bits per heavy atom. The van der Waals surface area contributed by atoms with Crippen LogP contribution in [0.15, 0.2) is 42.5 Å². The van der Waals surface area contributed by atoms with Crippen molar-refractivity contribution in [2.24, 2.45) is 5.92 Å². The quantitative estimate of drug-likeness (QED) is 0.680. The Balaban J connectivity index is 2.30. The maximum atomic E-state index is 5.86. The first kappa shape index (κ1) is 16.9. The fraction of sp³-hybridized carbons (Fsp3) is 0.300. The molecule has 0 N–H and O–H groups in total. The van der Waals surface area contributed by atoms with E-state index in [0.717, 1.165) is 11.1 Å². The molecule has 3 heteroatoms. The van der Waals surface area contributed by atoms with Crippen molar-refractivity contribution in [3.8, 4) is 17.2 Å². The van der Waals surface area contributed by atoms with Crippen LogP contribution in [0.2, 0.25) is 0 Å². The Hall–Kier alpha value is -2.42. The summed E-state index contributed by atoms with van der Waals surface area (Å²) in [5.74, 6) is 2.44. The van der Waals surface area contributed by atoms with Gasteiger partial charge in [-0.1, -0.05) is 56.3 Å². The minimum atomic E-state index is 0.432. The molecule has 0 fully saturated rings. The van der Waals surface area contributed by atoms with Crippen LogP contribution in [0, 0.1) is 5.92 Å². The van der Waals surface area contributed by atoms with Gasteiger partial charge in [0.2, 0.25) is 5.75 Å². The molecule has 0 unspecified atom stereocenters. The van der Waals surface area contributed by atoms with Gasteiger partial charge in [0.15, 0.2) is 11.5 Å². The van der Waals surface area contributed by atoms with Gasteiger partial charge in [-0.3, -0.25) is 0 Å². The molecule has 0 saturated heterocycles. The Morgan fingerprint density at radius 3 is 1.96 bits per heavy atom. The van der Waals surface area contributed by atoms with Crippen LogP contribution in [-0.2, 0) is 0 Å². The summed E-state index contributed by atoms with van der Waals surface area (Å²) < 4.78 is 16.8. The van der Waals surface area contributed by atoms with Gasteiger partial charge in [0, 0.05) is 0 Å². The van der Waals surface area contributed by atoms with Crippen molar-refractivity contribution in [3.63, 3.8) is 0 Å². The molecule has 2 aromatic carbocycles. The highest BCUT2D eigenvalue weighted by Crippen LogP contribution is 2.39. The van der Waals surface area contributed by atoms with E-state index in [2.05, 4.69) is 32.1 Å². The minimum absolute atomic E-state index is 0.432. The largest absolute Gasteiger partial charge is 0.493 e. The van der Waals surface area contributed by atoms with Crippen LogP contribution >= 0.6 is 0 Å². The molecule has 2 aromatic rings. The van der Waals surface area contributed by atoms with Gasteiger partial charge < -0.3 is 14.2 Å². The molecule has 0 saturated carbocycles. The highest BCUT2D eigenvalue weighted by molar-refractivity contribution is 5.72. The van der Waals surface area contributed by atoms with Crippen LogP contribution in [0.4, 0.5) is 0 Å². The SMILES string of the molecule is COc1cc(C=Cc2ccccc2)cc(OC)c1OCC(C)C. The fourth-order valence-electron chi connectivity index (χ4n) is 2.15. The molecular formula is C20H24O3. The monoisotopic (exact) mass is 312 g/mol. The highest BCUT2D eigenvalue weighted by Gasteiger charge is 2.14. The second kappa shape index (κ2) is 8.28. The fourth-order valence-corrected chi connectivity index (χ4v) is 2.15. The van der Waals surface area contributed by atoms with Crippen LogP contribution in [0.25, 0.3) is 12.2 Å². The van der Waals surface area contributed by atoms with Crippen LogP contribution in [-0.4, -0.2) is 20.8 Å². The molecule has 2 rings (SSSR count). The number of rotatable bonds is 7. The van der Waals surface area contributed by atoms with Crippen molar-refractivity contribution in [2.75, 3.05) is 20.8 Å². The summed E-state index contributed by atoms with van der Waals surface area (Å²) in [5, 5.41) is 0. The van der Waals surface area contributed by atoms with E-state index in [9.17, 15) is 0 Å². The lowest BCUT2D eigenvalue weighted by molar-refractivity contribution is 0.243. The molecule has 3 nitrogen and oxygen atoms in total. The Morgan fingerprint density at radius 1 is 0.870 bits per heavy atom. The van der Waals surface area contributed by atoms with Crippen molar-refractivity contribution in [1.29, 1.82) is 0 Å². The van der Waals surface area contributed by atoms with E-state index in [1.165, 1.54) is 0 Å². The summed E-state index contributed by atoms with van der Waals surface area (Å²) >= 11 is 0. The standard InChI is InChI=1S/C20H24O3/c1-15(2)14-23-20-18(21-3)12-17(13-19(20)22-4)11-10-16-8-6-5-7-9-16/h5-13,15H,14H2,1-4H3. The summed E-state index contributed by atoms with van der Waals surface area (Å²) in [5.41, 5.74) is 2.14. The maximum Gasteiger partial charge on any atom is 0.203 e. The van der Waals surface area contributed by atoms with Gasteiger partial charge in [-0.15, -0.1) is 0 Å². The minimum Gasteiger partial charge on any atom is -0.493 e. The first-order chi connectivity index (χ1) is 11.1. The average molecular weight is 312 g/mol. The molecule has 0 radical (unpaired) electrons. The smallest absolute Gasteiger partial charge is 0.203 e. The highest BCUT2D eigenvalue weighted by atomic mass is 16.5. The summed E-state index contributed by atoms with van der Waals surface area (Å²) in [6.07, 6.45) is 4.09. The predicted molar refractivity (Wildman–Crippen MR) is 95.2 cm³/mol. The molecule has 0 spiro atoms. The van der Waals surface area contributed by atoms with Gasteiger partial charge in [0.25, 0.3) is 0 Å². The van der Waals surface area contributed by atoms with E-state index in [4.69, 9.17) is 14.2 Å². The second-order valence-corrected chi connectivity index (χ2v) is 5.70. The van der Waals surface area contributed by atoms with Gasteiger partial charge >= 0.3 is 0 Å². The third-order valence-corrected chi connectivity index (χ3v) is 3.31. The first-order valence-corrected chi connectivity index (χ1v) is 7.76. The van der Waals surface area contributed by atoms with Crippen molar-refractivity contribution >= 4 is 12.2 Å². The zero-order chi connectivity index (χ0) is 16.7. The van der Waals surface area contributed by atoms with Crippen LogP contribution < -0.4 is 14.2 Å². The summed E-state index contributed by atoms with van der Waals surface area (Å²) in [6.45, 7) is 4.83. The molecule has 0 aliphatic rings. The summed E-state index contributed by atoms with van der Waals surface area (Å²) in [4.78, 5) is 0. The van der Waals surface area contributed by atoms with E-state index in [0.29, 0.717) is 29.8 Å². The Kier molecular flexibility index (Phi) is 6.10. The van der Waals surface area contributed by atoms with Crippen molar-refractivity contribution in [3.05, 3.63) is 53.6 Å². The molecular weight excluding hydrogens is 288 g/mol. The van der Waals surface area contributed by atoms with Crippen molar-refractivity contribution in [1.82, 2.24) is 0 Å². The third kappa shape index (κ3) is 4.78. The molecule has 0 bridgehead atoms. The van der Waals surface area contributed by atoms with E-state index >= 15 is 0 Å². The number of hydrogen-bond donors (Lipinski definition) is 0. The molecule has 0 aromatic heterocycles. The van der Waals surface area contributed by atoms with E-state index in [-0.39, 0.29) is 0 Å². The van der Waals surface area contributed by atoms with Gasteiger partial charge in [0.05, 0.1) is 20.8 Å². The molecule has 0 amide bonds. The summed E-state index contributed by atoms with van der Waals surface area (Å²) in [7, 11) is 3.28. The van der Waals surface area contributed by atoms with Crippen molar-refractivity contribution in [2.45, 2.75) is 13.8 Å².